The number of anilines is 1. The molecule has 0 bridgehead atoms. The van der Waals surface area contributed by atoms with E-state index in [1.54, 1.807) is 60.8 Å². The van der Waals surface area contributed by atoms with Crippen LogP contribution in [0.4, 0.5) is 19.3 Å². The van der Waals surface area contributed by atoms with Crippen molar-refractivity contribution >= 4 is 29.1 Å². The molecule has 0 spiro atoms. The normalized spacial score (nSPS) is 12.9. The molecule has 2 atom stereocenters. The molecule has 0 aliphatic carbocycles. The molecule has 5 aromatic rings. The number of carbonyl (C=O) groups excluding carboxylic acids is 2. The van der Waals surface area contributed by atoms with Crippen LogP contribution in [0.25, 0.3) is 11.3 Å². The third kappa shape index (κ3) is 7.54. The minimum absolute atomic E-state index is 0.0182. The Hall–Kier alpha value is -5.52. The summed E-state index contributed by atoms with van der Waals surface area (Å²) in [4.78, 5) is 30.1. The second-order valence-corrected chi connectivity index (χ2v) is 11.9. The predicted octanol–water partition coefficient (Wildman–Crippen LogP) is 5.43. The van der Waals surface area contributed by atoms with Crippen LogP contribution in [0.1, 0.15) is 41.5 Å². The molecule has 14 heteroatoms. The van der Waals surface area contributed by atoms with E-state index in [0.29, 0.717) is 27.5 Å². The molecule has 0 aliphatic heterocycles. The van der Waals surface area contributed by atoms with Crippen molar-refractivity contribution in [3.8, 4) is 17.3 Å². The highest BCUT2D eigenvalue weighted by atomic mass is 32.1. The molecule has 5 rings (SSSR count). The average molecular weight is 674 g/mol. The van der Waals surface area contributed by atoms with Gasteiger partial charge in [-0.05, 0) is 36.4 Å². The molecule has 2 heterocycles. The number of hydrogen-bond acceptors (Lipinski definition) is 9. The zero-order chi connectivity index (χ0) is 34.4. The van der Waals surface area contributed by atoms with Gasteiger partial charge in [-0.2, -0.15) is 5.26 Å². The van der Waals surface area contributed by atoms with Crippen molar-refractivity contribution in [2.75, 3.05) is 11.9 Å². The number of aliphatic hydroxyl groups is 1. The van der Waals surface area contributed by atoms with E-state index in [9.17, 15) is 19.1 Å². The van der Waals surface area contributed by atoms with Gasteiger partial charge in [0.05, 0.1) is 28.0 Å². The Balaban J connectivity index is 1.34. The molecular formula is C34H31F2N6O5S+. The minimum Gasteiger partial charge on any atom is -0.461 e. The number of benzene rings is 3. The maximum atomic E-state index is 15.2. The van der Waals surface area contributed by atoms with Crippen LogP contribution in [0.2, 0.25) is 0 Å². The molecule has 3 aromatic carbocycles. The summed E-state index contributed by atoms with van der Waals surface area (Å²) in [6, 6.07) is 18.7. The van der Waals surface area contributed by atoms with Gasteiger partial charge in [-0.3, -0.25) is 9.69 Å². The van der Waals surface area contributed by atoms with Crippen LogP contribution in [-0.4, -0.2) is 39.0 Å². The number of rotatable bonds is 11. The van der Waals surface area contributed by atoms with Gasteiger partial charge in [0.1, 0.15) is 30.4 Å². The number of amides is 1. The maximum absolute atomic E-state index is 15.2. The van der Waals surface area contributed by atoms with E-state index in [-0.39, 0.29) is 25.4 Å². The molecule has 0 radical (unpaired) electrons. The van der Waals surface area contributed by atoms with Crippen LogP contribution >= 0.6 is 11.3 Å². The summed E-state index contributed by atoms with van der Waals surface area (Å²) in [6.45, 7) is 2.39. The second-order valence-electron chi connectivity index (χ2n) is 11.0. The Kier molecular flexibility index (Phi) is 10.2. The fraction of sp³-hybridized carbons (Fsp3) is 0.235. The number of hydrogen-bond donors (Lipinski definition) is 1. The van der Waals surface area contributed by atoms with Crippen molar-refractivity contribution in [1.82, 2.24) is 14.8 Å². The Morgan fingerprint density at radius 3 is 2.62 bits per heavy atom. The highest BCUT2D eigenvalue weighted by Crippen LogP contribution is 2.41. The van der Waals surface area contributed by atoms with Gasteiger partial charge in [-0.25, -0.2) is 23.1 Å². The summed E-state index contributed by atoms with van der Waals surface area (Å²) < 4.78 is 43.0. The summed E-state index contributed by atoms with van der Waals surface area (Å²) in [5.41, 5.74) is 0.667. The predicted molar refractivity (Wildman–Crippen MR) is 170 cm³/mol. The van der Waals surface area contributed by atoms with Gasteiger partial charge in [-0.15, -0.1) is 16.0 Å². The van der Waals surface area contributed by atoms with Crippen molar-refractivity contribution in [3.05, 3.63) is 118 Å². The Labute approximate surface area is 278 Å². The summed E-state index contributed by atoms with van der Waals surface area (Å²) in [5.74, 6) is -2.82. The van der Waals surface area contributed by atoms with E-state index in [2.05, 4.69) is 16.2 Å². The number of nitrogens with zero attached hydrogens (tertiary/aromatic N) is 6. The first-order valence-corrected chi connectivity index (χ1v) is 15.5. The third-order valence-electron chi connectivity index (χ3n) is 7.74. The molecular weight excluding hydrogens is 642 g/mol. The van der Waals surface area contributed by atoms with E-state index in [1.807, 2.05) is 0 Å². The number of carbonyl (C=O) groups is 2. The quantitative estimate of drug-likeness (QED) is 0.145. The largest absolute Gasteiger partial charge is 0.461 e. The zero-order valence-electron chi connectivity index (χ0n) is 26.2. The Bertz CT molecular complexity index is 1980. The lowest BCUT2D eigenvalue weighted by molar-refractivity contribution is -0.727. The summed E-state index contributed by atoms with van der Waals surface area (Å²) >= 11 is 1.25. The number of para-hydroxylation sites is 1. The van der Waals surface area contributed by atoms with Gasteiger partial charge in [0.15, 0.2) is 0 Å². The van der Waals surface area contributed by atoms with Gasteiger partial charge in [0.25, 0.3) is 6.33 Å². The number of thiazole rings is 1. The molecule has 0 unspecified atom stereocenters. The molecule has 0 saturated heterocycles. The van der Waals surface area contributed by atoms with Crippen LogP contribution in [0.5, 0.6) is 0 Å². The van der Waals surface area contributed by atoms with Crippen LogP contribution in [0.3, 0.4) is 0 Å². The number of nitriles is 1. The Morgan fingerprint density at radius 2 is 1.90 bits per heavy atom. The van der Waals surface area contributed by atoms with Crippen molar-refractivity contribution in [3.63, 3.8) is 0 Å². The van der Waals surface area contributed by atoms with Crippen molar-refractivity contribution < 1.29 is 37.5 Å². The number of esters is 1. The maximum Gasteiger partial charge on any atom is 0.416 e. The Morgan fingerprint density at radius 1 is 1.15 bits per heavy atom. The standard InChI is InChI=1S/C34H31F2N6O5S/c1-22(32-39-30(17-48-32)25-10-8-24(15-37)9-11-25)34(45,28-14-27(35)12-13-29(28)36)18-42-20-41(19-38-42)21-47-33(44)40(3)31-7-5-4-6-26(31)16-46-23(2)43/h4-14,17,19-20,22,45H,16,18,21H2,1-3H3/q+1/t22-,34+/m0/s1. The first-order valence-electron chi connectivity index (χ1n) is 14.7. The number of halogens is 2. The van der Waals surface area contributed by atoms with Crippen LogP contribution in [0.15, 0.2) is 84.8 Å². The molecule has 48 heavy (non-hydrogen) atoms. The van der Waals surface area contributed by atoms with E-state index < -0.39 is 35.2 Å². The molecule has 1 amide bonds. The van der Waals surface area contributed by atoms with Crippen LogP contribution in [0, 0.1) is 23.0 Å². The summed E-state index contributed by atoms with van der Waals surface area (Å²) in [6.07, 6.45) is 2.13. The van der Waals surface area contributed by atoms with Crippen molar-refractivity contribution in [2.45, 2.75) is 45.2 Å². The first-order chi connectivity index (χ1) is 23.0. The topological polar surface area (TPSA) is 134 Å². The third-order valence-corrected chi connectivity index (χ3v) is 8.77. The highest BCUT2D eigenvalue weighted by molar-refractivity contribution is 7.10. The summed E-state index contributed by atoms with van der Waals surface area (Å²) in [5, 5.41) is 27.8. The van der Waals surface area contributed by atoms with Crippen molar-refractivity contribution in [1.29, 1.82) is 5.26 Å². The summed E-state index contributed by atoms with van der Waals surface area (Å²) in [7, 11) is 1.52. The van der Waals surface area contributed by atoms with Crippen molar-refractivity contribution in [2.24, 2.45) is 0 Å². The molecule has 0 fully saturated rings. The average Bonchev–Trinajstić information content (AvgIpc) is 3.77. The first kappa shape index (κ1) is 33.8. The smallest absolute Gasteiger partial charge is 0.416 e. The van der Waals surface area contributed by atoms with E-state index >= 15 is 4.39 Å². The van der Waals surface area contributed by atoms with E-state index in [0.717, 1.165) is 23.8 Å². The fourth-order valence-electron chi connectivity index (χ4n) is 5.05. The molecule has 2 aromatic heterocycles. The lowest BCUT2D eigenvalue weighted by Gasteiger charge is -2.32. The van der Waals surface area contributed by atoms with Crippen LogP contribution in [-0.2, 0) is 39.8 Å². The van der Waals surface area contributed by atoms with Gasteiger partial charge in [-0.1, -0.05) is 37.3 Å². The molecule has 0 aliphatic rings. The molecule has 246 valence electrons. The van der Waals surface area contributed by atoms with E-state index in [1.165, 1.54) is 52.1 Å². The highest BCUT2D eigenvalue weighted by Gasteiger charge is 2.43. The lowest BCUT2D eigenvalue weighted by Crippen LogP contribution is -2.40. The van der Waals surface area contributed by atoms with Gasteiger partial charge in [0.2, 0.25) is 13.1 Å². The number of ether oxygens (including phenoxy) is 2. The minimum atomic E-state index is -2.02. The zero-order valence-corrected chi connectivity index (χ0v) is 27.0. The molecule has 0 saturated carbocycles. The van der Waals surface area contributed by atoms with Gasteiger partial charge < -0.3 is 14.6 Å². The second kappa shape index (κ2) is 14.5. The lowest BCUT2D eigenvalue weighted by atomic mass is 9.82. The van der Waals surface area contributed by atoms with Gasteiger partial charge in [0, 0.05) is 47.1 Å². The SMILES string of the molecule is CC(=O)OCc1ccccc1N(C)C(=O)OC[n+]1cnn(C[C@](O)(c2cc(F)ccc2F)[C@@H](C)c2nc(-c3ccc(C#N)cc3)cs2)c1. The fourth-order valence-corrected chi connectivity index (χ4v) is 6.02. The monoisotopic (exact) mass is 673 g/mol. The number of aromatic nitrogens is 4. The van der Waals surface area contributed by atoms with E-state index in [4.69, 9.17) is 14.7 Å². The van der Waals surface area contributed by atoms with Crippen LogP contribution < -0.4 is 9.47 Å². The van der Waals surface area contributed by atoms with Gasteiger partial charge >= 0.3 is 12.1 Å². The molecule has 1 N–H and O–H groups in total. The molecule has 11 nitrogen and oxygen atoms in total.